The Kier molecular flexibility index (Phi) is 6.77. The normalized spacial score (nSPS) is 16.1. The summed E-state index contributed by atoms with van der Waals surface area (Å²) in [5, 5.41) is 7.27. The molecule has 1 fully saturated rings. The van der Waals surface area contributed by atoms with Gasteiger partial charge in [-0.25, -0.2) is 0 Å². The van der Waals surface area contributed by atoms with E-state index in [1.165, 1.54) is 0 Å². The van der Waals surface area contributed by atoms with Crippen molar-refractivity contribution in [1.82, 2.24) is 20.0 Å². The Balaban J connectivity index is 1.41. The molecule has 160 valence electrons. The molecule has 0 radical (unpaired) electrons. The summed E-state index contributed by atoms with van der Waals surface area (Å²) in [6, 6.07) is 19.0. The second-order valence-electron chi connectivity index (χ2n) is 7.92. The van der Waals surface area contributed by atoms with Gasteiger partial charge in [0, 0.05) is 42.7 Å². The van der Waals surface area contributed by atoms with Gasteiger partial charge in [0.05, 0.1) is 6.54 Å². The molecule has 1 N–H and O–H groups in total. The van der Waals surface area contributed by atoms with Crippen molar-refractivity contribution in [3.8, 4) is 0 Å². The van der Waals surface area contributed by atoms with Crippen LogP contribution in [0.3, 0.4) is 0 Å². The van der Waals surface area contributed by atoms with Gasteiger partial charge >= 0.3 is 0 Å². The molecule has 2 heterocycles. The van der Waals surface area contributed by atoms with Crippen LogP contribution in [-0.2, 0) is 6.54 Å². The highest BCUT2D eigenvalue weighted by Crippen LogP contribution is 2.23. The Bertz CT molecular complexity index is 1000. The molecular formula is C25H28N4O2. The topological polar surface area (TPSA) is 67.2 Å². The second-order valence-corrected chi connectivity index (χ2v) is 7.92. The van der Waals surface area contributed by atoms with E-state index in [2.05, 4.69) is 10.4 Å². The van der Waals surface area contributed by atoms with Crippen molar-refractivity contribution in [3.05, 3.63) is 89.7 Å². The molecular weight excluding hydrogens is 388 g/mol. The van der Waals surface area contributed by atoms with Crippen LogP contribution in [0, 0.1) is 0 Å². The van der Waals surface area contributed by atoms with Gasteiger partial charge < -0.3 is 10.2 Å². The summed E-state index contributed by atoms with van der Waals surface area (Å²) in [5.41, 5.74) is 2.36. The number of benzene rings is 2. The van der Waals surface area contributed by atoms with Crippen molar-refractivity contribution < 1.29 is 9.59 Å². The van der Waals surface area contributed by atoms with Crippen molar-refractivity contribution in [3.63, 3.8) is 0 Å². The number of nitrogens with one attached hydrogen (secondary N) is 1. The van der Waals surface area contributed by atoms with Crippen LogP contribution >= 0.6 is 0 Å². The first-order chi connectivity index (χ1) is 15.2. The number of hydrogen-bond donors (Lipinski definition) is 1. The highest BCUT2D eigenvalue weighted by atomic mass is 16.2. The molecule has 0 aliphatic carbocycles. The zero-order chi connectivity index (χ0) is 21.5. The monoisotopic (exact) mass is 416 g/mol. The first-order valence-corrected chi connectivity index (χ1v) is 10.9. The molecule has 4 rings (SSSR count). The van der Waals surface area contributed by atoms with Crippen LogP contribution in [0.4, 0.5) is 0 Å². The highest BCUT2D eigenvalue weighted by Gasteiger charge is 2.28. The third-order valence-electron chi connectivity index (χ3n) is 5.83. The molecule has 1 atom stereocenters. The molecule has 1 aromatic heterocycles. The van der Waals surface area contributed by atoms with E-state index >= 15 is 0 Å². The maximum Gasteiger partial charge on any atom is 0.254 e. The molecule has 0 unspecified atom stereocenters. The fraction of sp³-hybridized carbons (Fsp3) is 0.320. The molecule has 3 aromatic rings. The maximum atomic E-state index is 13.5. The highest BCUT2D eigenvalue weighted by molar-refractivity contribution is 5.96. The summed E-state index contributed by atoms with van der Waals surface area (Å²) >= 11 is 0. The number of nitrogens with zero attached hydrogens (tertiary/aromatic N) is 3. The molecule has 2 aromatic carbocycles. The fourth-order valence-corrected chi connectivity index (χ4v) is 4.20. The second kappa shape index (κ2) is 10.1. The number of likely N-dealkylation sites (tertiary alicyclic amines) is 1. The van der Waals surface area contributed by atoms with Crippen molar-refractivity contribution in [2.75, 3.05) is 13.1 Å². The molecule has 1 aliphatic heterocycles. The third-order valence-corrected chi connectivity index (χ3v) is 5.83. The Morgan fingerprint density at radius 1 is 1.00 bits per heavy atom. The number of piperidine rings is 1. The summed E-state index contributed by atoms with van der Waals surface area (Å²) in [4.78, 5) is 27.8. The van der Waals surface area contributed by atoms with E-state index in [1.54, 1.807) is 6.20 Å². The summed E-state index contributed by atoms with van der Waals surface area (Å²) in [5.74, 6) is 0.000645. The molecule has 0 bridgehead atoms. The number of hydrogen-bond acceptors (Lipinski definition) is 3. The van der Waals surface area contributed by atoms with Crippen molar-refractivity contribution in [1.29, 1.82) is 0 Å². The van der Waals surface area contributed by atoms with Crippen molar-refractivity contribution in [2.24, 2.45) is 0 Å². The van der Waals surface area contributed by atoms with Gasteiger partial charge in [-0.05, 0) is 55.5 Å². The minimum absolute atomic E-state index is 0.0705. The molecule has 0 spiro atoms. The fourth-order valence-electron chi connectivity index (χ4n) is 4.20. The summed E-state index contributed by atoms with van der Waals surface area (Å²) in [6.45, 7) is 1.88. The minimum atomic E-state index is -0.0705. The molecule has 31 heavy (non-hydrogen) atoms. The average Bonchev–Trinajstić information content (AvgIpc) is 3.33. The van der Waals surface area contributed by atoms with Gasteiger partial charge in [0.25, 0.3) is 11.8 Å². The summed E-state index contributed by atoms with van der Waals surface area (Å²) in [6.07, 6.45) is 7.49. The Morgan fingerprint density at radius 2 is 1.81 bits per heavy atom. The predicted octanol–water partition coefficient (Wildman–Crippen LogP) is 3.75. The van der Waals surface area contributed by atoms with E-state index in [4.69, 9.17) is 0 Å². The number of carbonyl (C=O) groups excluding carboxylic acids is 2. The Labute approximate surface area is 182 Å². The first-order valence-electron chi connectivity index (χ1n) is 10.9. The van der Waals surface area contributed by atoms with Crippen LogP contribution in [0.25, 0.3) is 0 Å². The van der Waals surface area contributed by atoms with Gasteiger partial charge in [-0.15, -0.1) is 0 Å². The van der Waals surface area contributed by atoms with Crippen LogP contribution in [0.15, 0.2) is 73.1 Å². The third kappa shape index (κ3) is 5.20. The first kappa shape index (κ1) is 20.8. The van der Waals surface area contributed by atoms with Crippen molar-refractivity contribution >= 4 is 11.8 Å². The van der Waals surface area contributed by atoms with E-state index in [0.29, 0.717) is 18.7 Å². The standard InChI is InChI=1S/C25H28N4O2/c30-24(20-9-2-1-3-10-20)26-16-14-22-12-6-7-18-29(22)25(31)23-13-5-4-11-21(23)19-28-17-8-15-27-28/h1-5,8-11,13,15,17,22H,6-7,12,14,16,18-19H2,(H,26,30)/t22-/m1/s1. The summed E-state index contributed by atoms with van der Waals surface area (Å²) < 4.78 is 1.83. The van der Waals surface area contributed by atoms with E-state index < -0.39 is 0 Å². The van der Waals surface area contributed by atoms with Crippen LogP contribution in [0.1, 0.15) is 52.0 Å². The Hall–Kier alpha value is -3.41. The lowest BCUT2D eigenvalue weighted by Gasteiger charge is -2.36. The molecule has 1 aliphatic rings. The number of aromatic nitrogens is 2. The number of rotatable bonds is 7. The van der Waals surface area contributed by atoms with Gasteiger partial charge in [-0.3, -0.25) is 14.3 Å². The molecule has 6 heteroatoms. The van der Waals surface area contributed by atoms with Crippen LogP contribution < -0.4 is 5.32 Å². The molecule has 2 amide bonds. The molecule has 6 nitrogen and oxygen atoms in total. The van der Waals surface area contributed by atoms with Gasteiger partial charge in [-0.2, -0.15) is 5.10 Å². The summed E-state index contributed by atoms with van der Waals surface area (Å²) in [7, 11) is 0. The van der Waals surface area contributed by atoms with Gasteiger partial charge in [0.2, 0.25) is 0 Å². The largest absolute Gasteiger partial charge is 0.352 e. The van der Waals surface area contributed by atoms with E-state index in [1.807, 2.05) is 76.4 Å². The van der Waals surface area contributed by atoms with Gasteiger partial charge in [0.15, 0.2) is 0 Å². The SMILES string of the molecule is O=C(NCC[C@H]1CCCCN1C(=O)c1ccccc1Cn1cccn1)c1ccccc1. The minimum Gasteiger partial charge on any atom is -0.352 e. The smallest absolute Gasteiger partial charge is 0.254 e. The van der Waals surface area contributed by atoms with E-state index in [9.17, 15) is 9.59 Å². The van der Waals surface area contributed by atoms with Crippen molar-refractivity contribution in [2.45, 2.75) is 38.3 Å². The van der Waals surface area contributed by atoms with Gasteiger partial charge in [-0.1, -0.05) is 36.4 Å². The lowest BCUT2D eigenvalue weighted by Crippen LogP contribution is -2.45. The van der Waals surface area contributed by atoms with E-state index in [-0.39, 0.29) is 17.9 Å². The number of amides is 2. The van der Waals surface area contributed by atoms with Crippen LogP contribution in [0.2, 0.25) is 0 Å². The van der Waals surface area contributed by atoms with Gasteiger partial charge in [0.1, 0.15) is 0 Å². The maximum absolute atomic E-state index is 13.5. The zero-order valence-corrected chi connectivity index (χ0v) is 17.6. The molecule has 1 saturated heterocycles. The Morgan fingerprint density at radius 3 is 2.61 bits per heavy atom. The van der Waals surface area contributed by atoms with Crippen LogP contribution in [-0.4, -0.2) is 45.6 Å². The predicted molar refractivity (Wildman–Crippen MR) is 120 cm³/mol. The lowest BCUT2D eigenvalue weighted by molar-refractivity contribution is 0.0600. The lowest BCUT2D eigenvalue weighted by atomic mass is 9.97. The average molecular weight is 417 g/mol. The van der Waals surface area contributed by atoms with E-state index in [0.717, 1.165) is 43.4 Å². The molecule has 0 saturated carbocycles. The zero-order valence-electron chi connectivity index (χ0n) is 17.6. The number of carbonyl (C=O) groups is 2. The quantitative estimate of drug-likeness (QED) is 0.638. The van der Waals surface area contributed by atoms with Crippen LogP contribution in [0.5, 0.6) is 0 Å².